The van der Waals surface area contributed by atoms with Gasteiger partial charge >= 0.3 is 0 Å². The maximum Gasteiger partial charge on any atom is 0.244 e. The van der Waals surface area contributed by atoms with Gasteiger partial charge in [0.25, 0.3) is 0 Å². The molecule has 0 aliphatic heterocycles. The highest BCUT2D eigenvalue weighted by Crippen LogP contribution is 2.24. The molecule has 0 fully saturated rings. The zero-order valence-electron chi connectivity index (χ0n) is 15.4. The number of hydrogen-bond acceptors (Lipinski definition) is 4. The van der Waals surface area contributed by atoms with Gasteiger partial charge in [0.1, 0.15) is 11.0 Å². The Morgan fingerprint density at radius 3 is 2.74 bits per heavy atom. The lowest BCUT2D eigenvalue weighted by molar-refractivity contribution is -0.116. The van der Waals surface area contributed by atoms with Crippen LogP contribution in [0.1, 0.15) is 17.7 Å². The Labute approximate surface area is 162 Å². The lowest BCUT2D eigenvalue weighted by Crippen LogP contribution is -2.23. The van der Waals surface area contributed by atoms with Gasteiger partial charge in [0, 0.05) is 31.9 Å². The smallest absolute Gasteiger partial charge is 0.244 e. The van der Waals surface area contributed by atoms with E-state index in [9.17, 15) is 9.18 Å². The minimum atomic E-state index is -0.334. The van der Waals surface area contributed by atoms with Crippen LogP contribution in [0.2, 0.25) is 5.15 Å². The number of amides is 1. The molecule has 0 saturated heterocycles. The molecule has 2 rings (SSSR count). The Morgan fingerprint density at radius 1 is 1.30 bits per heavy atom. The largest absolute Gasteiger partial charge is 0.382 e. The average molecular weight is 396 g/mol. The molecule has 6 nitrogen and oxygen atoms in total. The lowest BCUT2D eigenvalue weighted by atomic mass is 10.2. The number of benzene rings is 1. The molecule has 0 atom stereocenters. The number of carbonyl (C=O) groups is 1. The molecule has 0 aliphatic rings. The maximum atomic E-state index is 13.1. The molecule has 1 aromatic carbocycles. The van der Waals surface area contributed by atoms with E-state index in [-0.39, 0.29) is 11.7 Å². The predicted molar refractivity (Wildman–Crippen MR) is 103 cm³/mol. The van der Waals surface area contributed by atoms with Gasteiger partial charge in [0.2, 0.25) is 5.91 Å². The quantitative estimate of drug-likeness (QED) is 0.495. The molecule has 0 bridgehead atoms. The molecule has 0 radical (unpaired) electrons. The highest BCUT2D eigenvalue weighted by Gasteiger charge is 2.13. The Bertz CT molecular complexity index is 775. The molecular weight excluding hydrogens is 373 g/mol. The van der Waals surface area contributed by atoms with Crippen molar-refractivity contribution in [1.82, 2.24) is 15.1 Å². The fraction of sp³-hybridized carbons (Fsp3) is 0.368. The van der Waals surface area contributed by atoms with Gasteiger partial charge in [-0.1, -0.05) is 11.6 Å². The van der Waals surface area contributed by atoms with E-state index in [1.54, 1.807) is 32.2 Å². The normalized spacial score (nSPS) is 11.3. The van der Waals surface area contributed by atoms with Crippen LogP contribution in [0.3, 0.4) is 0 Å². The van der Waals surface area contributed by atoms with Gasteiger partial charge in [-0.3, -0.25) is 4.79 Å². The van der Waals surface area contributed by atoms with Crippen LogP contribution in [0.25, 0.3) is 11.8 Å². The first-order chi connectivity index (χ1) is 13.0. The molecule has 0 saturated carbocycles. The van der Waals surface area contributed by atoms with E-state index in [1.165, 1.54) is 22.9 Å². The van der Waals surface area contributed by atoms with Crippen LogP contribution >= 0.6 is 11.6 Å². The van der Waals surface area contributed by atoms with Crippen molar-refractivity contribution in [2.24, 2.45) is 0 Å². The number of aromatic nitrogens is 2. The summed E-state index contributed by atoms with van der Waals surface area (Å²) in [5, 5.41) is 7.49. The highest BCUT2D eigenvalue weighted by atomic mass is 35.5. The number of nitrogens with zero attached hydrogens (tertiary/aromatic N) is 2. The average Bonchev–Trinajstić information content (AvgIpc) is 2.94. The van der Waals surface area contributed by atoms with Gasteiger partial charge in [0.15, 0.2) is 0 Å². The molecule has 8 heteroatoms. The second-order valence-corrected chi connectivity index (χ2v) is 6.12. The second kappa shape index (κ2) is 10.8. The summed E-state index contributed by atoms with van der Waals surface area (Å²) < 4.78 is 24.8. The fourth-order valence-electron chi connectivity index (χ4n) is 2.30. The molecule has 2 aromatic rings. The van der Waals surface area contributed by atoms with Crippen molar-refractivity contribution >= 4 is 23.6 Å². The molecule has 1 aromatic heterocycles. The Balaban J connectivity index is 1.89. The Hall–Kier alpha value is -2.22. The summed E-state index contributed by atoms with van der Waals surface area (Å²) in [7, 11) is 1.62. The van der Waals surface area contributed by atoms with Crippen molar-refractivity contribution in [2.45, 2.75) is 13.3 Å². The van der Waals surface area contributed by atoms with Crippen LogP contribution < -0.4 is 5.32 Å². The summed E-state index contributed by atoms with van der Waals surface area (Å²) in [6, 6.07) is 5.85. The summed E-state index contributed by atoms with van der Waals surface area (Å²) >= 11 is 6.37. The van der Waals surface area contributed by atoms with Gasteiger partial charge < -0.3 is 14.8 Å². The van der Waals surface area contributed by atoms with Gasteiger partial charge in [-0.2, -0.15) is 5.10 Å². The number of rotatable bonds is 10. The molecule has 27 heavy (non-hydrogen) atoms. The maximum absolute atomic E-state index is 13.1. The first kappa shape index (κ1) is 21.1. The van der Waals surface area contributed by atoms with Gasteiger partial charge in [-0.05, 0) is 43.7 Å². The van der Waals surface area contributed by atoms with E-state index in [0.29, 0.717) is 54.9 Å². The summed E-state index contributed by atoms with van der Waals surface area (Å²) in [6.45, 7) is 3.96. The van der Waals surface area contributed by atoms with Crippen LogP contribution in [0.15, 0.2) is 30.3 Å². The van der Waals surface area contributed by atoms with Crippen molar-refractivity contribution in [3.05, 3.63) is 52.6 Å². The highest BCUT2D eigenvalue weighted by molar-refractivity contribution is 6.31. The molecule has 0 unspecified atom stereocenters. The first-order valence-electron chi connectivity index (χ1n) is 8.56. The molecule has 0 aliphatic carbocycles. The third kappa shape index (κ3) is 6.46. The first-order valence-corrected chi connectivity index (χ1v) is 8.94. The van der Waals surface area contributed by atoms with Gasteiger partial charge in [-0.25, -0.2) is 9.07 Å². The minimum absolute atomic E-state index is 0.225. The third-order valence-corrected chi connectivity index (χ3v) is 4.08. The van der Waals surface area contributed by atoms with E-state index in [4.69, 9.17) is 21.1 Å². The van der Waals surface area contributed by atoms with Gasteiger partial charge in [0.05, 0.1) is 24.6 Å². The van der Waals surface area contributed by atoms with E-state index in [2.05, 4.69) is 10.4 Å². The second-order valence-electron chi connectivity index (χ2n) is 5.76. The SMILES string of the molecule is COCCOCCCNC(=O)/C=C/c1c(C)nn(-c2ccc(F)cc2)c1Cl. The van der Waals surface area contributed by atoms with E-state index < -0.39 is 0 Å². The van der Waals surface area contributed by atoms with Crippen LogP contribution in [-0.2, 0) is 14.3 Å². The number of nitrogens with one attached hydrogen (secondary N) is 1. The Morgan fingerprint density at radius 2 is 2.04 bits per heavy atom. The topological polar surface area (TPSA) is 65.4 Å². The summed E-state index contributed by atoms with van der Waals surface area (Å²) in [6.07, 6.45) is 3.75. The standard InChI is InChI=1S/C19H23ClFN3O3/c1-14-17(8-9-18(25)22-10-3-11-27-13-12-26-2)19(20)24(23-14)16-6-4-15(21)5-7-16/h4-9H,3,10-13H2,1-2H3,(H,22,25)/b9-8+. The summed E-state index contributed by atoms with van der Waals surface area (Å²) in [5.41, 5.74) is 1.95. The van der Waals surface area contributed by atoms with E-state index in [1.807, 2.05) is 0 Å². The number of halogens is 2. The zero-order valence-corrected chi connectivity index (χ0v) is 16.1. The number of aryl methyl sites for hydroxylation is 1. The number of carbonyl (C=O) groups excluding carboxylic acids is 1. The zero-order chi connectivity index (χ0) is 19.6. The number of hydrogen-bond donors (Lipinski definition) is 1. The van der Waals surface area contributed by atoms with Crippen molar-refractivity contribution in [1.29, 1.82) is 0 Å². The van der Waals surface area contributed by atoms with Crippen molar-refractivity contribution in [2.75, 3.05) is 33.5 Å². The minimum Gasteiger partial charge on any atom is -0.382 e. The molecule has 0 spiro atoms. The Kier molecular flexibility index (Phi) is 8.44. The van der Waals surface area contributed by atoms with Crippen molar-refractivity contribution < 1.29 is 18.7 Å². The monoisotopic (exact) mass is 395 g/mol. The molecule has 1 N–H and O–H groups in total. The summed E-state index contributed by atoms with van der Waals surface area (Å²) in [4.78, 5) is 11.9. The molecular formula is C19H23ClFN3O3. The van der Waals surface area contributed by atoms with Crippen LogP contribution in [0.5, 0.6) is 0 Å². The predicted octanol–water partition coefficient (Wildman–Crippen LogP) is 3.16. The van der Waals surface area contributed by atoms with Crippen LogP contribution in [-0.4, -0.2) is 49.2 Å². The van der Waals surface area contributed by atoms with Crippen LogP contribution in [0.4, 0.5) is 4.39 Å². The number of ether oxygens (including phenoxy) is 2. The molecule has 1 amide bonds. The third-order valence-electron chi connectivity index (χ3n) is 3.72. The van der Waals surface area contributed by atoms with E-state index in [0.717, 1.165) is 0 Å². The van der Waals surface area contributed by atoms with Gasteiger partial charge in [-0.15, -0.1) is 0 Å². The molecule has 146 valence electrons. The van der Waals surface area contributed by atoms with Crippen molar-refractivity contribution in [3.8, 4) is 5.69 Å². The lowest BCUT2D eigenvalue weighted by Gasteiger charge is -2.04. The van der Waals surface area contributed by atoms with Crippen molar-refractivity contribution in [3.63, 3.8) is 0 Å². The fourth-order valence-corrected chi connectivity index (χ4v) is 2.64. The number of methoxy groups -OCH3 is 1. The molecule has 1 heterocycles. The van der Waals surface area contributed by atoms with E-state index >= 15 is 0 Å². The summed E-state index contributed by atoms with van der Waals surface area (Å²) in [5.74, 6) is -0.559. The van der Waals surface area contributed by atoms with Crippen LogP contribution in [0, 0.1) is 12.7 Å².